The maximum absolute atomic E-state index is 12.0. The summed E-state index contributed by atoms with van der Waals surface area (Å²) in [5.74, 6) is -0.683. The number of esters is 2. The van der Waals surface area contributed by atoms with Gasteiger partial charge in [-0.3, -0.25) is 9.59 Å². The largest absolute Gasteiger partial charge is 0.462 e. The summed E-state index contributed by atoms with van der Waals surface area (Å²) in [5, 5.41) is 9.40. The minimum Gasteiger partial charge on any atom is -0.462 e. The molecule has 0 spiro atoms. The van der Waals surface area contributed by atoms with Crippen molar-refractivity contribution in [2.75, 3.05) is 13.2 Å². The van der Waals surface area contributed by atoms with Crippen molar-refractivity contribution in [1.29, 1.82) is 0 Å². The molecule has 0 saturated carbocycles. The van der Waals surface area contributed by atoms with Gasteiger partial charge in [0.2, 0.25) is 0 Å². The summed E-state index contributed by atoms with van der Waals surface area (Å²) in [4.78, 5) is 23.8. The first-order valence-corrected chi connectivity index (χ1v) is 14.7. The van der Waals surface area contributed by atoms with Crippen LogP contribution in [0.3, 0.4) is 0 Å². The minimum absolute atomic E-state index is 0.0926. The smallest absolute Gasteiger partial charge is 0.306 e. The van der Waals surface area contributed by atoms with E-state index in [2.05, 4.69) is 50.3 Å². The van der Waals surface area contributed by atoms with Gasteiger partial charge in [0.25, 0.3) is 0 Å². The van der Waals surface area contributed by atoms with Gasteiger partial charge in [-0.05, 0) is 51.4 Å². The van der Waals surface area contributed by atoms with Crippen LogP contribution in [0.2, 0.25) is 0 Å². The summed E-state index contributed by atoms with van der Waals surface area (Å²) >= 11 is 0. The highest BCUT2D eigenvalue weighted by atomic mass is 16.6. The van der Waals surface area contributed by atoms with Crippen molar-refractivity contribution in [3.8, 4) is 0 Å². The van der Waals surface area contributed by atoms with Crippen LogP contribution < -0.4 is 0 Å². The molecule has 2 unspecified atom stereocenters. The quantitative estimate of drug-likeness (QED) is 0.0629. The molecule has 1 fully saturated rings. The molecule has 37 heavy (non-hydrogen) atoms. The highest BCUT2D eigenvalue weighted by Gasteiger charge is 2.35. The Bertz CT molecular complexity index is 669. The van der Waals surface area contributed by atoms with Gasteiger partial charge >= 0.3 is 11.9 Å². The van der Waals surface area contributed by atoms with Gasteiger partial charge in [0.05, 0.1) is 18.8 Å². The van der Waals surface area contributed by atoms with Crippen LogP contribution in [-0.2, 0) is 23.8 Å². The van der Waals surface area contributed by atoms with E-state index in [9.17, 15) is 14.7 Å². The zero-order chi connectivity index (χ0) is 27.0. The summed E-state index contributed by atoms with van der Waals surface area (Å²) in [7, 11) is 0. The number of epoxide rings is 1. The lowest BCUT2D eigenvalue weighted by Crippen LogP contribution is -2.28. The van der Waals surface area contributed by atoms with E-state index in [4.69, 9.17) is 14.2 Å². The second-order valence-electron chi connectivity index (χ2n) is 9.86. The Labute approximate surface area is 225 Å². The molecular weight excluding hydrogens is 468 g/mol. The highest BCUT2D eigenvalue weighted by molar-refractivity contribution is 5.70. The predicted molar refractivity (Wildman–Crippen MR) is 149 cm³/mol. The fraction of sp³-hybridized carbons (Fsp3) is 0.742. The topological polar surface area (TPSA) is 85.4 Å². The number of allylic oxidation sites excluding steroid dienone is 4. The van der Waals surface area contributed by atoms with Crippen molar-refractivity contribution >= 4 is 11.9 Å². The van der Waals surface area contributed by atoms with Crippen LogP contribution in [0.15, 0.2) is 36.5 Å². The van der Waals surface area contributed by atoms with E-state index in [0.717, 1.165) is 51.4 Å². The van der Waals surface area contributed by atoms with E-state index in [-0.39, 0.29) is 31.6 Å². The van der Waals surface area contributed by atoms with Crippen LogP contribution >= 0.6 is 0 Å². The van der Waals surface area contributed by atoms with Gasteiger partial charge < -0.3 is 19.3 Å². The van der Waals surface area contributed by atoms with E-state index in [1.54, 1.807) is 0 Å². The summed E-state index contributed by atoms with van der Waals surface area (Å²) in [6.07, 6.45) is 28.3. The first kappa shape index (κ1) is 33.1. The van der Waals surface area contributed by atoms with Crippen LogP contribution in [0.4, 0.5) is 0 Å². The van der Waals surface area contributed by atoms with Crippen LogP contribution in [-0.4, -0.2) is 48.6 Å². The Morgan fingerprint density at radius 3 is 2.08 bits per heavy atom. The average Bonchev–Trinajstić information content (AvgIpc) is 3.65. The predicted octanol–water partition coefficient (Wildman–Crippen LogP) is 7.15. The van der Waals surface area contributed by atoms with Crippen molar-refractivity contribution in [2.24, 2.45) is 0 Å². The maximum atomic E-state index is 12.0. The molecule has 1 aliphatic heterocycles. The van der Waals surface area contributed by atoms with Crippen LogP contribution in [0.5, 0.6) is 0 Å². The third-order valence-electron chi connectivity index (χ3n) is 6.34. The second kappa shape index (κ2) is 23.2. The molecule has 1 heterocycles. The number of carbonyl (C=O) groups excluding carboxylic acids is 2. The van der Waals surface area contributed by atoms with Gasteiger partial charge in [0.15, 0.2) is 6.10 Å². The Morgan fingerprint density at radius 2 is 1.35 bits per heavy atom. The number of aliphatic hydroxyl groups excluding tert-OH is 1. The Balaban J connectivity index is 2.00. The highest BCUT2D eigenvalue weighted by Crippen LogP contribution is 2.29. The Morgan fingerprint density at radius 1 is 0.757 bits per heavy atom. The molecule has 6 nitrogen and oxygen atoms in total. The lowest BCUT2D eigenvalue weighted by atomic mass is 10.1. The Hall–Kier alpha value is -1.92. The number of aliphatic hydroxyl groups is 1. The zero-order valence-electron chi connectivity index (χ0n) is 23.4. The van der Waals surface area contributed by atoms with Crippen molar-refractivity contribution in [3.05, 3.63) is 36.5 Å². The van der Waals surface area contributed by atoms with Crippen molar-refractivity contribution < 1.29 is 28.9 Å². The summed E-state index contributed by atoms with van der Waals surface area (Å²) in [5.41, 5.74) is 0. The lowest BCUT2D eigenvalue weighted by molar-refractivity contribution is -0.161. The molecule has 1 aliphatic rings. The molecule has 0 amide bonds. The molecule has 212 valence electrons. The summed E-state index contributed by atoms with van der Waals surface area (Å²) < 4.78 is 16.1. The number of hydrogen-bond acceptors (Lipinski definition) is 6. The van der Waals surface area contributed by atoms with E-state index < -0.39 is 6.10 Å². The van der Waals surface area contributed by atoms with Gasteiger partial charge in [0, 0.05) is 12.8 Å². The van der Waals surface area contributed by atoms with Crippen LogP contribution in [0.1, 0.15) is 117 Å². The van der Waals surface area contributed by atoms with E-state index in [0.29, 0.717) is 25.0 Å². The molecule has 3 atom stereocenters. The molecule has 0 aromatic carbocycles. The van der Waals surface area contributed by atoms with Gasteiger partial charge in [-0.1, -0.05) is 88.8 Å². The SMILES string of the molecule is CCCCC/C=C\CC1OC1C/C=C\C/C=C\CCCC(=O)O[C@@H](CO)COC(=O)CCCCCCC. The third kappa shape index (κ3) is 19.8. The Kier molecular flexibility index (Phi) is 20.8. The fourth-order valence-corrected chi connectivity index (χ4v) is 3.94. The number of ether oxygens (including phenoxy) is 3. The molecule has 0 aliphatic carbocycles. The van der Waals surface area contributed by atoms with Gasteiger partial charge in [-0.2, -0.15) is 0 Å². The molecule has 1 rings (SSSR count). The number of carbonyl (C=O) groups is 2. The van der Waals surface area contributed by atoms with Gasteiger partial charge in [-0.25, -0.2) is 0 Å². The van der Waals surface area contributed by atoms with E-state index in [1.165, 1.54) is 32.1 Å². The molecule has 1 saturated heterocycles. The van der Waals surface area contributed by atoms with Gasteiger partial charge in [0.1, 0.15) is 6.61 Å². The van der Waals surface area contributed by atoms with Crippen molar-refractivity contribution in [1.82, 2.24) is 0 Å². The van der Waals surface area contributed by atoms with Crippen molar-refractivity contribution in [2.45, 2.75) is 135 Å². The molecule has 6 heteroatoms. The molecule has 0 aromatic rings. The molecule has 0 bridgehead atoms. The first-order valence-electron chi connectivity index (χ1n) is 14.7. The lowest BCUT2D eigenvalue weighted by Gasteiger charge is -2.15. The number of hydrogen-bond donors (Lipinski definition) is 1. The number of rotatable bonds is 24. The van der Waals surface area contributed by atoms with Gasteiger partial charge in [-0.15, -0.1) is 0 Å². The normalized spacial score (nSPS) is 18.1. The molecule has 1 N–H and O–H groups in total. The average molecular weight is 521 g/mol. The number of unbranched alkanes of at least 4 members (excludes halogenated alkanes) is 8. The maximum Gasteiger partial charge on any atom is 0.306 e. The summed E-state index contributed by atoms with van der Waals surface area (Å²) in [6.45, 7) is 3.93. The van der Waals surface area contributed by atoms with Crippen molar-refractivity contribution in [3.63, 3.8) is 0 Å². The molecule has 0 radical (unpaired) electrons. The first-order chi connectivity index (χ1) is 18.1. The fourth-order valence-electron chi connectivity index (χ4n) is 3.94. The monoisotopic (exact) mass is 520 g/mol. The van der Waals surface area contributed by atoms with Crippen LogP contribution in [0.25, 0.3) is 0 Å². The minimum atomic E-state index is -0.797. The van der Waals surface area contributed by atoms with Crippen LogP contribution in [0, 0.1) is 0 Å². The summed E-state index contributed by atoms with van der Waals surface area (Å²) in [6, 6.07) is 0. The second-order valence-corrected chi connectivity index (χ2v) is 9.86. The molecular formula is C31H52O6. The molecule has 0 aromatic heterocycles. The van der Waals surface area contributed by atoms with E-state index in [1.807, 2.05) is 0 Å². The van der Waals surface area contributed by atoms with E-state index >= 15 is 0 Å². The standard InChI is InChI=1S/C31H52O6/c1-3-5-7-9-14-17-21-28-29(37-28)22-18-15-11-10-12-16-20-24-31(34)36-27(25-32)26-35-30(33)23-19-13-8-6-4-2/h10,12,14-15,17-18,27-29,32H,3-9,11,13,16,19-26H2,1-2H3/b12-10-,17-14-,18-15-/t27-,28?,29?/m0/s1. The zero-order valence-corrected chi connectivity index (χ0v) is 23.4. The third-order valence-corrected chi connectivity index (χ3v) is 6.34.